The van der Waals surface area contributed by atoms with Crippen LogP contribution >= 0.6 is 0 Å². The quantitative estimate of drug-likeness (QED) is 0.253. The fraction of sp³-hybridized carbons (Fsp3) is 0.111. The predicted octanol–water partition coefficient (Wildman–Crippen LogP) is -1.58. The maximum Gasteiger partial charge on any atom is 1.00 e. The molecule has 0 fully saturated rings. The fourth-order valence-electron chi connectivity index (χ4n) is 0.801. The molecule has 0 N–H and O–H groups in total. The van der Waals surface area contributed by atoms with Gasteiger partial charge >= 0.3 is 63.8 Å². The SMILES string of the molecule is Cc1ccc(C(=O)OC=O)cc1.[H-].[K+]. The Kier molecular flexibility index (Phi) is 6.45. The van der Waals surface area contributed by atoms with Gasteiger partial charge in [-0.15, -0.1) is 0 Å². The van der Waals surface area contributed by atoms with Crippen LogP contribution < -0.4 is 51.4 Å². The average molecular weight is 204 g/mol. The molecule has 0 saturated carbocycles. The molecule has 0 spiro atoms. The molecule has 0 amide bonds. The van der Waals surface area contributed by atoms with Crippen molar-refractivity contribution >= 4 is 12.4 Å². The predicted molar refractivity (Wildman–Crippen MR) is 43.8 cm³/mol. The van der Waals surface area contributed by atoms with Gasteiger partial charge in [0.05, 0.1) is 5.56 Å². The molecular weight excluding hydrogens is 195 g/mol. The molecule has 0 saturated heterocycles. The molecule has 0 radical (unpaired) electrons. The molecule has 0 aromatic heterocycles. The van der Waals surface area contributed by atoms with Crippen molar-refractivity contribution in [2.75, 3.05) is 0 Å². The van der Waals surface area contributed by atoms with E-state index in [0.29, 0.717) is 5.56 Å². The Balaban J connectivity index is 0. The Morgan fingerprint density at radius 3 is 2.38 bits per heavy atom. The third kappa shape index (κ3) is 4.15. The van der Waals surface area contributed by atoms with Crippen LogP contribution in [-0.2, 0) is 9.53 Å². The summed E-state index contributed by atoms with van der Waals surface area (Å²) in [4.78, 5) is 20.7. The van der Waals surface area contributed by atoms with Gasteiger partial charge in [0.2, 0.25) is 0 Å². The molecule has 0 aliphatic rings. The van der Waals surface area contributed by atoms with E-state index in [1.165, 1.54) is 0 Å². The van der Waals surface area contributed by atoms with Gasteiger partial charge in [-0.25, -0.2) is 4.79 Å². The second-order valence-electron chi connectivity index (χ2n) is 2.37. The van der Waals surface area contributed by atoms with Crippen LogP contribution in [-0.4, -0.2) is 12.4 Å². The van der Waals surface area contributed by atoms with Crippen LogP contribution in [0.2, 0.25) is 0 Å². The molecule has 1 aromatic rings. The van der Waals surface area contributed by atoms with E-state index in [0.717, 1.165) is 5.56 Å². The fourth-order valence-corrected chi connectivity index (χ4v) is 0.801. The first-order chi connectivity index (χ1) is 5.74. The summed E-state index contributed by atoms with van der Waals surface area (Å²) in [5.74, 6) is -0.620. The summed E-state index contributed by atoms with van der Waals surface area (Å²) in [7, 11) is 0. The van der Waals surface area contributed by atoms with Crippen LogP contribution in [0.1, 0.15) is 17.3 Å². The van der Waals surface area contributed by atoms with Gasteiger partial charge in [-0.3, -0.25) is 4.79 Å². The third-order valence-corrected chi connectivity index (χ3v) is 1.44. The van der Waals surface area contributed by atoms with E-state index in [9.17, 15) is 9.59 Å². The van der Waals surface area contributed by atoms with Crippen LogP contribution in [0.15, 0.2) is 24.3 Å². The molecule has 4 heteroatoms. The number of hydrogen-bond acceptors (Lipinski definition) is 3. The maximum absolute atomic E-state index is 10.9. The smallest absolute Gasteiger partial charge is 1.00 e. The van der Waals surface area contributed by atoms with Crippen LogP contribution in [0, 0.1) is 6.92 Å². The van der Waals surface area contributed by atoms with Crippen molar-refractivity contribution in [3.05, 3.63) is 35.4 Å². The Hall–Kier alpha value is -0.00364. The summed E-state index contributed by atoms with van der Waals surface area (Å²) in [5, 5.41) is 0. The van der Waals surface area contributed by atoms with E-state index in [2.05, 4.69) is 4.74 Å². The zero-order chi connectivity index (χ0) is 8.97. The van der Waals surface area contributed by atoms with Gasteiger partial charge in [-0.1, -0.05) is 17.7 Å². The first-order valence-electron chi connectivity index (χ1n) is 3.45. The van der Waals surface area contributed by atoms with Gasteiger partial charge in [0, 0.05) is 0 Å². The van der Waals surface area contributed by atoms with Crippen molar-refractivity contribution in [3.63, 3.8) is 0 Å². The molecule has 0 heterocycles. The monoisotopic (exact) mass is 204 g/mol. The number of esters is 1. The summed E-state index contributed by atoms with van der Waals surface area (Å²) in [5.41, 5.74) is 1.44. The van der Waals surface area contributed by atoms with Crippen molar-refractivity contribution in [2.45, 2.75) is 6.92 Å². The molecule has 0 aliphatic carbocycles. The zero-order valence-electron chi connectivity index (χ0n) is 8.61. The largest absolute Gasteiger partial charge is 1.00 e. The Morgan fingerprint density at radius 2 is 1.92 bits per heavy atom. The summed E-state index contributed by atoms with van der Waals surface area (Å²) in [6.07, 6.45) is 0. The summed E-state index contributed by atoms with van der Waals surface area (Å²) in [6, 6.07) is 6.78. The van der Waals surface area contributed by atoms with E-state index in [1.807, 2.05) is 6.92 Å². The molecule has 1 rings (SSSR count). The van der Waals surface area contributed by atoms with Crippen LogP contribution in [0.4, 0.5) is 0 Å². The molecule has 0 unspecified atom stereocenters. The summed E-state index contributed by atoms with van der Waals surface area (Å²) < 4.78 is 4.15. The molecule has 1 aromatic carbocycles. The Bertz CT molecular complexity index is 297. The normalized spacial score (nSPS) is 8.38. The number of hydrogen-bond donors (Lipinski definition) is 0. The van der Waals surface area contributed by atoms with Crippen molar-refractivity contribution in [1.82, 2.24) is 0 Å². The van der Waals surface area contributed by atoms with Gasteiger partial charge in [0.1, 0.15) is 0 Å². The molecule has 0 atom stereocenters. The van der Waals surface area contributed by atoms with E-state index in [4.69, 9.17) is 0 Å². The first kappa shape index (κ1) is 13.0. The Morgan fingerprint density at radius 1 is 1.38 bits per heavy atom. The number of aryl methyl sites for hydroxylation is 1. The second kappa shape index (κ2) is 6.45. The van der Waals surface area contributed by atoms with Crippen LogP contribution in [0.3, 0.4) is 0 Å². The van der Waals surface area contributed by atoms with Gasteiger partial charge in [0.15, 0.2) is 0 Å². The minimum atomic E-state index is -0.620. The van der Waals surface area contributed by atoms with Gasteiger partial charge in [-0.05, 0) is 19.1 Å². The standard InChI is InChI=1S/C9H8O3.K.H/c1-7-2-4-8(5-3-7)9(11)12-6-10;;/h2-6H,1H3;;/q;+1;-1. The van der Waals surface area contributed by atoms with Crippen molar-refractivity contribution in [2.24, 2.45) is 0 Å². The minimum Gasteiger partial charge on any atom is -1.00 e. The third-order valence-electron chi connectivity index (χ3n) is 1.44. The minimum absolute atomic E-state index is 0. The topological polar surface area (TPSA) is 43.4 Å². The molecule has 3 nitrogen and oxygen atoms in total. The van der Waals surface area contributed by atoms with Crippen molar-refractivity contribution in [1.29, 1.82) is 0 Å². The number of benzene rings is 1. The Labute approximate surface area is 120 Å². The van der Waals surface area contributed by atoms with E-state index < -0.39 is 5.97 Å². The van der Waals surface area contributed by atoms with Crippen molar-refractivity contribution < 1.29 is 67.1 Å². The zero-order valence-corrected chi connectivity index (χ0v) is 10.7. The maximum atomic E-state index is 10.9. The first-order valence-corrected chi connectivity index (χ1v) is 3.45. The van der Waals surface area contributed by atoms with Gasteiger partial charge in [-0.2, -0.15) is 0 Å². The van der Waals surface area contributed by atoms with E-state index in [-0.39, 0.29) is 59.3 Å². The van der Waals surface area contributed by atoms with Crippen molar-refractivity contribution in [3.8, 4) is 0 Å². The molecule has 64 valence electrons. The average Bonchev–Trinajstić information content (AvgIpc) is 2.06. The van der Waals surface area contributed by atoms with E-state index >= 15 is 0 Å². The number of rotatable bonds is 2. The van der Waals surface area contributed by atoms with Gasteiger partial charge < -0.3 is 6.16 Å². The van der Waals surface area contributed by atoms with Crippen LogP contribution in [0.5, 0.6) is 0 Å². The number of ether oxygens (including phenoxy) is 1. The molecule has 13 heavy (non-hydrogen) atoms. The van der Waals surface area contributed by atoms with E-state index in [1.54, 1.807) is 24.3 Å². The summed E-state index contributed by atoms with van der Waals surface area (Å²) in [6.45, 7) is 2.04. The molecular formula is C9H9KO3. The van der Waals surface area contributed by atoms with Gasteiger partial charge in [0.25, 0.3) is 0 Å². The number of carbonyl (C=O) groups excluding carboxylic acids is 2. The summed E-state index contributed by atoms with van der Waals surface area (Å²) >= 11 is 0. The molecule has 0 aliphatic heterocycles. The van der Waals surface area contributed by atoms with Crippen LogP contribution in [0.25, 0.3) is 0 Å². The second-order valence-corrected chi connectivity index (χ2v) is 2.37. The number of carbonyl (C=O) groups is 2. The molecule has 0 bridgehead atoms.